The lowest BCUT2D eigenvalue weighted by molar-refractivity contribution is -0.161. The van der Waals surface area contributed by atoms with Gasteiger partial charge in [0.1, 0.15) is 11.3 Å². The molecule has 0 amide bonds. The fourth-order valence-electron chi connectivity index (χ4n) is 4.48. The van der Waals surface area contributed by atoms with Gasteiger partial charge in [-0.15, -0.1) is 0 Å². The van der Waals surface area contributed by atoms with Crippen LogP contribution in [-0.2, 0) is 29.5 Å². The van der Waals surface area contributed by atoms with Crippen LogP contribution in [-0.4, -0.2) is 25.8 Å². The Morgan fingerprint density at radius 1 is 1.06 bits per heavy atom. The molecule has 2 heterocycles. The van der Waals surface area contributed by atoms with Crippen LogP contribution in [0.25, 0.3) is 22.0 Å². The number of halogens is 1. The molecule has 0 bridgehead atoms. The summed E-state index contributed by atoms with van der Waals surface area (Å²) in [6, 6.07) is 16.0. The van der Waals surface area contributed by atoms with Gasteiger partial charge in [0.25, 0.3) is 5.56 Å². The van der Waals surface area contributed by atoms with E-state index in [1.807, 2.05) is 48.0 Å². The van der Waals surface area contributed by atoms with E-state index in [1.165, 1.54) is 16.7 Å². The second-order valence-corrected chi connectivity index (χ2v) is 10.1. The Kier molecular flexibility index (Phi) is 6.87. The molecule has 1 atom stereocenters. The van der Waals surface area contributed by atoms with Gasteiger partial charge in [-0.05, 0) is 63.4 Å². The van der Waals surface area contributed by atoms with Crippen LogP contribution >= 0.6 is 0 Å². The summed E-state index contributed by atoms with van der Waals surface area (Å²) in [5, 5.41) is 10.8. The highest BCUT2D eigenvalue weighted by Crippen LogP contribution is 2.37. The summed E-state index contributed by atoms with van der Waals surface area (Å²) in [6.45, 7) is 7.86. The molecule has 4 rings (SSSR count). The minimum absolute atomic E-state index is 0.292. The van der Waals surface area contributed by atoms with Crippen LogP contribution in [0, 0.1) is 12.7 Å². The zero-order chi connectivity index (χ0) is 26.2. The first-order valence-electron chi connectivity index (χ1n) is 11.9. The van der Waals surface area contributed by atoms with Crippen molar-refractivity contribution in [3.05, 3.63) is 93.8 Å². The normalized spacial score (nSPS) is 12.7. The van der Waals surface area contributed by atoms with Crippen molar-refractivity contribution in [1.29, 1.82) is 0 Å². The van der Waals surface area contributed by atoms with Gasteiger partial charge < -0.3 is 19.0 Å². The molecule has 6 nitrogen and oxygen atoms in total. The number of pyridine rings is 1. The molecular weight excluding hydrogens is 459 g/mol. The Morgan fingerprint density at radius 3 is 2.28 bits per heavy atom. The lowest BCUT2D eigenvalue weighted by atomic mass is 9.95. The number of aryl methyl sites for hydroxylation is 3. The van der Waals surface area contributed by atoms with E-state index >= 15 is 0 Å². The maximum atomic E-state index is 13.7. The van der Waals surface area contributed by atoms with Crippen molar-refractivity contribution >= 4 is 16.9 Å². The number of nitrogens with zero attached hydrogens (tertiary/aromatic N) is 2. The van der Waals surface area contributed by atoms with E-state index < -0.39 is 17.7 Å². The van der Waals surface area contributed by atoms with Gasteiger partial charge in [-0.3, -0.25) is 4.79 Å². The van der Waals surface area contributed by atoms with Crippen LogP contribution in [0.4, 0.5) is 4.39 Å². The monoisotopic (exact) mass is 490 g/mol. The summed E-state index contributed by atoms with van der Waals surface area (Å²) in [7, 11) is 1.59. The van der Waals surface area contributed by atoms with Crippen LogP contribution in [0.15, 0.2) is 65.6 Å². The van der Waals surface area contributed by atoms with Crippen molar-refractivity contribution in [2.45, 2.75) is 52.4 Å². The van der Waals surface area contributed by atoms with Gasteiger partial charge in [0.05, 0.1) is 11.3 Å². The Morgan fingerprint density at radius 2 is 1.69 bits per heavy atom. The van der Waals surface area contributed by atoms with E-state index in [0.29, 0.717) is 35.1 Å². The topological polar surface area (TPSA) is 73.5 Å². The summed E-state index contributed by atoms with van der Waals surface area (Å²) < 4.78 is 22.6. The third-order valence-corrected chi connectivity index (χ3v) is 6.20. The number of hydrogen-bond acceptors (Lipinski definition) is 3. The SMILES string of the molecule is Cc1ccc(-c2c(C(OC(C)(C)C)C(=O)O)n(C)c(=O)c3c2ccn3CCc2ccc(F)cc2)cc1. The molecule has 0 saturated carbocycles. The average Bonchev–Trinajstić information content (AvgIpc) is 3.23. The van der Waals surface area contributed by atoms with Gasteiger partial charge in [-0.1, -0.05) is 42.0 Å². The molecule has 188 valence electrons. The lowest BCUT2D eigenvalue weighted by Crippen LogP contribution is -2.33. The van der Waals surface area contributed by atoms with Gasteiger partial charge in [0.2, 0.25) is 0 Å². The van der Waals surface area contributed by atoms with Crippen molar-refractivity contribution < 1.29 is 19.0 Å². The van der Waals surface area contributed by atoms with E-state index in [1.54, 1.807) is 40.0 Å². The summed E-state index contributed by atoms with van der Waals surface area (Å²) >= 11 is 0. The fraction of sp³-hybridized carbons (Fsp3) is 0.310. The molecule has 0 aliphatic carbocycles. The number of carboxylic acid groups (broad SMARTS) is 1. The van der Waals surface area contributed by atoms with Crippen LogP contribution in [0.5, 0.6) is 0 Å². The zero-order valence-electron chi connectivity index (χ0n) is 21.2. The number of aromatic nitrogens is 2. The van der Waals surface area contributed by atoms with E-state index in [4.69, 9.17) is 4.74 Å². The molecule has 0 fully saturated rings. The minimum atomic E-state index is -1.34. The van der Waals surface area contributed by atoms with E-state index in [2.05, 4.69) is 0 Å². The Bertz CT molecular complexity index is 1460. The highest BCUT2D eigenvalue weighted by atomic mass is 19.1. The number of benzene rings is 2. The van der Waals surface area contributed by atoms with E-state index in [9.17, 15) is 19.1 Å². The van der Waals surface area contributed by atoms with Crippen LogP contribution < -0.4 is 5.56 Å². The molecule has 4 aromatic rings. The maximum Gasteiger partial charge on any atom is 0.339 e. The predicted molar refractivity (Wildman–Crippen MR) is 139 cm³/mol. The third-order valence-electron chi connectivity index (χ3n) is 6.20. The second kappa shape index (κ2) is 9.74. The number of carboxylic acids is 1. The summed E-state index contributed by atoms with van der Waals surface area (Å²) in [4.78, 5) is 26.1. The molecular formula is C29H31FN2O4. The number of aliphatic carboxylic acids is 1. The number of rotatable bonds is 7. The highest BCUT2D eigenvalue weighted by Gasteiger charge is 2.33. The Labute approximate surface area is 209 Å². The molecule has 0 saturated heterocycles. The van der Waals surface area contributed by atoms with Crippen LogP contribution in [0.1, 0.15) is 43.7 Å². The molecule has 7 heteroatoms. The van der Waals surface area contributed by atoms with Crippen LogP contribution in [0.3, 0.4) is 0 Å². The van der Waals surface area contributed by atoms with Crippen molar-refractivity contribution in [3.8, 4) is 11.1 Å². The number of hydrogen-bond donors (Lipinski definition) is 1. The first kappa shape index (κ1) is 25.4. The van der Waals surface area contributed by atoms with Gasteiger partial charge >= 0.3 is 5.97 Å². The third kappa shape index (κ3) is 5.11. The van der Waals surface area contributed by atoms with Gasteiger partial charge in [-0.2, -0.15) is 0 Å². The quantitative estimate of drug-likeness (QED) is 0.364. The van der Waals surface area contributed by atoms with Crippen molar-refractivity contribution in [1.82, 2.24) is 9.13 Å². The number of fused-ring (bicyclic) bond motifs is 1. The van der Waals surface area contributed by atoms with E-state index in [-0.39, 0.29) is 11.4 Å². The smallest absolute Gasteiger partial charge is 0.339 e. The lowest BCUT2D eigenvalue weighted by Gasteiger charge is -2.28. The summed E-state index contributed by atoms with van der Waals surface area (Å²) in [5.74, 6) is -1.46. The molecule has 36 heavy (non-hydrogen) atoms. The minimum Gasteiger partial charge on any atom is -0.479 e. The van der Waals surface area contributed by atoms with Gasteiger partial charge in [0.15, 0.2) is 6.10 Å². The summed E-state index contributed by atoms with van der Waals surface area (Å²) in [5.41, 5.74) is 3.21. The fourth-order valence-corrected chi connectivity index (χ4v) is 4.48. The highest BCUT2D eigenvalue weighted by molar-refractivity contribution is 5.98. The van der Waals surface area contributed by atoms with Crippen LogP contribution in [0.2, 0.25) is 0 Å². The standard InChI is InChI=1S/C29H31FN2O4/c1-18-6-10-20(11-7-18)23-22-15-17-32(16-14-19-8-12-21(30)13-9-19)24(22)27(33)31(5)25(23)26(28(34)35)36-29(2,3)4/h6-13,15,17,26H,14,16H2,1-5H3,(H,34,35). The maximum absolute atomic E-state index is 13.7. The Hall–Kier alpha value is -3.71. The molecule has 0 aliphatic rings. The van der Waals surface area contributed by atoms with Crippen molar-refractivity contribution in [2.24, 2.45) is 7.05 Å². The second-order valence-electron chi connectivity index (χ2n) is 10.1. The first-order valence-corrected chi connectivity index (χ1v) is 11.9. The molecule has 0 radical (unpaired) electrons. The zero-order valence-corrected chi connectivity index (χ0v) is 21.2. The molecule has 0 spiro atoms. The predicted octanol–water partition coefficient (Wildman–Crippen LogP) is 5.64. The van der Waals surface area contributed by atoms with Crippen molar-refractivity contribution in [3.63, 3.8) is 0 Å². The van der Waals surface area contributed by atoms with E-state index in [0.717, 1.165) is 16.7 Å². The number of carbonyl (C=O) groups is 1. The molecule has 1 N–H and O–H groups in total. The molecule has 0 aliphatic heterocycles. The molecule has 2 aromatic heterocycles. The Balaban J connectivity index is 1.93. The first-order chi connectivity index (χ1) is 17.0. The van der Waals surface area contributed by atoms with Gasteiger partial charge in [0, 0.05) is 30.7 Å². The molecule has 2 aromatic carbocycles. The van der Waals surface area contributed by atoms with Crippen molar-refractivity contribution in [2.75, 3.05) is 0 Å². The average molecular weight is 491 g/mol. The molecule has 1 unspecified atom stereocenters. The summed E-state index contributed by atoms with van der Waals surface area (Å²) in [6.07, 6.45) is 1.11. The van der Waals surface area contributed by atoms with Gasteiger partial charge in [-0.25, -0.2) is 9.18 Å². The largest absolute Gasteiger partial charge is 0.479 e. The number of ether oxygens (including phenoxy) is 1.